The van der Waals surface area contributed by atoms with Crippen molar-refractivity contribution in [3.05, 3.63) is 65.4 Å². The molecule has 3 heterocycles. The van der Waals surface area contributed by atoms with E-state index in [2.05, 4.69) is 32.1 Å². The number of aryl methyl sites for hydroxylation is 1. The van der Waals surface area contributed by atoms with Crippen LogP contribution in [-0.4, -0.2) is 52.6 Å². The molecule has 37 heavy (non-hydrogen) atoms. The first-order chi connectivity index (χ1) is 17.9. The van der Waals surface area contributed by atoms with E-state index >= 15 is 4.39 Å². The molecule has 0 radical (unpaired) electrons. The maximum atomic E-state index is 15.0. The summed E-state index contributed by atoms with van der Waals surface area (Å²) >= 11 is 0. The first kappa shape index (κ1) is 24.4. The average Bonchev–Trinajstić information content (AvgIpc) is 3.30. The molecule has 2 N–H and O–H groups in total. The lowest BCUT2D eigenvalue weighted by atomic mass is 10.2. The Bertz CT molecular complexity index is 1510. The molecule has 0 saturated carbocycles. The summed E-state index contributed by atoms with van der Waals surface area (Å²) in [7, 11) is 0. The van der Waals surface area contributed by atoms with Crippen molar-refractivity contribution in [2.24, 2.45) is 0 Å². The van der Waals surface area contributed by atoms with Crippen molar-refractivity contribution >= 4 is 28.1 Å². The minimum absolute atomic E-state index is 0.0186. The molecule has 0 unspecified atom stereocenters. The lowest BCUT2D eigenvalue weighted by Gasteiger charge is -2.35. The van der Waals surface area contributed by atoms with Crippen LogP contribution in [0.4, 0.5) is 30.4 Å². The molecule has 1 saturated heterocycles. The molecule has 11 heteroatoms. The molecule has 1 fully saturated rings. The van der Waals surface area contributed by atoms with Crippen LogP contribution < -0.4 is 15.0 Å². The number of fused-ring (bicyclic) bond motifs is 1. The van der Waals surface area contributed by atoms with Crippen molar-refractivity contribution in [2.75, 3.05) is 42.9 Å². The van der Waals surface area contributed by atoms with Crippen LogP contribution in [-0.2, 0) is 0 Å². The van der Waals surface area contributed by atoms with Gasteiger partial charge in [-0.15, -0.1) is 0 Å². The second kappa shape index (κ2) is 9.99. The summed E-state index contributed by atoms with van der Waals surface area (Å²) in [6, 6.07) is 8.96. The summed E-state index contributed by atoms with van der Waals surface area (Å²) in [5.41, 5.74) is 1.31. The Kier molecular flexibility index (Phi) is 6.58. The minimum Gasteiger partial charge on any atom is -0.434 e. The molecule has 4 aromatic rings. The van der Waals surface area contributed by atoms with Crippen LogP contribution in [0, 0.1) is 35.7 Å². The Hall–Kier alpha value is -4.30. The normalized spacial score (nSPS) is 14.1. The Morgan fingerprint density at radius 3 is 2.57 bits per heavy atom. The number of hydrogen-bond acceptors (Lipinski definition) is 7. The number of aromatic amines is 1. The average molecular weight is 508 g/mol. The number of likely N-dealkylation sites (N-methyl/N-ethyl adjacent to an activating group) is 1. The van der Waals surface area contributed by atoms with Crippen LogP contribution >= 0.6 is 0 Å². The second-order valence-corrected chi connectivity index (χ2v) is 8.74. The van der Waals surface area contributed by atoms with Crippen molar-refractivity contribution in [1.29, 1.82) is 5.26 Å². The first-order valence-corrected chi connectivity index (χ1v) is 11.8. The number of aromatic nitrogens is 3. The van der Waals surface area contributed by atoms with Gasteiger partial charge >= 0.3 is 0 Å². The molecule has 2 aromatic carbocycles. The molecular formula is C26H24F3N7O. The standard InChI is InChI=1S/C26H24F3N7O/c1-3-35-6-8-36(9-7-35)21-5-4-16(11-19(21)27)34-25-18(13-30)26(32-14-31-25)37-22-12-20(28)24-17(23(22)29)10-15(2)33-24/h4-5,10-12,14,33H,3,6-9H2,1-2H3,(H,31,32,34). The first-order valence-electron chi connectivity index (χ1n) is 11.8. The Balaban J connectivity index is 1.39. The maximum Gasteiger partial charge on any atom is 0.242 e. The van der Waals surface area contributed by atoms with Gasteiger partial charge in [0.2, 0.25) is 5.88 Å². The van der Waals surface area contributed by atoms with E-state index in [4.69, 9.17) is 4.74 Å². The quantitative estimate of drug-likeness (QED) is 0.369. The number of halogens is 3. The van der Waals surface area contributed by atoms with Gasteiger partial charge in [-0.1, -0.05) is 6.92 Å². The number of H-pyrrole nitrogens is 1. The van der Waals surface area contributed by atoms with Crippen LogP contribution in [0.5, 0.6) is 11.6 Å². The van der Waals surface area contributed by atoms with E-state index in [1.807, 2.05) is 11.0 Å². The van der Waals surface area contributed by atoms with Gasteiger partial charge < -0.3 is 24.8 Å². The van der Waals surface area contributed by atoms with Gasteiger partial charge in [0.25, 0.3) is 0 Å². The topological polar surface area (TPSA) is 93.1 Å². The molecule has 0 amide bonds. The molecule has 0 aliphatic carbocycles. The zero-order valence-electron chi connectivity index (χ0n) is 20.3. The third-order valence-electron chi connectivity index (χ3n) is 6.40. The zero-order valence-corrected chi connectivity index (χ0v) is 20.3. The predicted molar refractivity (Wildman–Crippen MR) is 134 cm³/mol. The fourth-order valence-corrected chi connectivity index (χ4v) is 4.44. The van der Waals surface area contributed by atoms with Gasteiger partial charge in [0.1, 0.15) is 18.2 Å². The minimum atomic E-state index is -0.796. The summed E-state index contributed by atoms with van der Waals surface area (Å²) < 4.78 is 50.0. The van der Waals surface area contributed by atoms with E-state index in [0.717, 1.165) is 45.1 Å². The summed E-state index contributed by atoms with van der Waals surface area (Å²) in [5, 5.41) is 12.7. The van der Waals surface area contributed by atoms with Crippen LogP contribution in [0.3, 0.4) is 0 Å². The van der Waals surface area contributed by atoms with Crippen molar-refractivity contribution in [3.8, 4) is 17.7 Å². The summed E-state index contributed by atoms with van der Waals surface area (Å²) in [6.45, 7) is 7.94. The Morgan fingerprint density at radius 2 is 1.86 bits per heavy atom. The largest absolute Gasteiger partial charge is 0.434 e. The maximum absolute atomic E-state index is 15.0. The molecule has 190 valence electrons. The van der Waals surface area contributed by atoms with E-state index in [0.29, 0.717) is 17.1 Å². The number of anilines is 3. The van der Waals surface area contributed by atoms with Crippen molar-refractivity contribution in [1.82, 2.24) is 19.9 Å². The number of nitrogens with one attached hydrogen (secondary N) is 2. The van der Waals surface area contributed by atoms with Gasteiger partial charge in [-0.25, -0.2) is 23.1 Å². The SMILES string of the molecule is CCN1CCN(c2ccc(Nc3ncnc(Oc4cc(F)c5[nH]c(C)cc5c4F)c3C#N)cc2F)CC1. The summed E-state index contributed by atoms with van der Waals surface area (Å²) in [6.07, 6.45) is 1.11. The lowest BCUT2D eigenvalue weighted by molar-refractivity contribution is 0.270. The lowest BCUT2D eigenvalue weighted by Crippen LogP contribution is -2.46. The molecular weight excluding hydrogens is 483 g/mol. The fourth-order valence-electron chi connectivity index (χ4n) is 4.44. The zero-order chi connectivity index (χ0) is 26.1. The predicted octanol–water partition coefficient (Wildman–Crippen LogP) is 5.23. The second-order valence-electron chi connectivity index (χ2n) is 8.74. The highest BCUT2D eigenvalue weighted by molar-refractivity contribution is 5.83. The third-order valence-corrected chi connectivity index (χ3v) is 6.40. The fraction of sp³-hybridized carbons (Fsp3) is 0.269. The third kappa shape index (κ3) is 4.75. The van der Waals surface area contributed by atoms with E-state index in [1.54, 1.807) is 19.1 Å². The smallest absolute Gasteiger partial charge is 0.242 e. The van der Waals surface area contributed by atoms with Gasteiger partial charge in [-0.3, -0.25) is 0 Å². The van der Waals surface area contributed by atoms with Crippen molar-refractivity contribution in [2.45, 2.75) is 13.8 Å². The van der Waals surface area contributed by atoms with Crippen LogP contribution in [0.25, 0.3) is 10.9 Å². The van der Waals surface area contributed by atoms with E-state index in [9.17, 15) is 14.0 Å². The van der Waals surface area contributed by atoms with Crippen LogP contribution in [0.2, 0.25) is 0 Å². The number of piperazine rings is 1. The Labute approximate surface area is 211 Å². The molecule has 0 atom stereocenters. The van der Waals surface area contributed by atoms with Gasteiger partial charge in [0.05, 0.1) is 11.2 Å². The monoisotopic (exact) mass is 507 g/mol. The van der Waals surface area contributed by atoms with Gasteiger partial charge in [-0.05, 0) is 37.7 Å². The summed E-state index contributed by atoms with van der Waals surface area (Å²) in [4.78, 5) is 15.1. The van der Waals surface area contributed by atoms with Crippen LogP contribution in [0.1, 0.15) is 18.2 Å². The van der Waals surface area contributed by atoms with Crippen molar-refractivity contribution in [3.63, 3.8) is 0 Å². The highest BCUT2D eigenvalue weighted by Gasteiger charge is 2.21. The van der Waals surface area contributed by atoms with Crippen molar-refractivity contribution < 1.29 is 17.9 Å². The van der Waals surface area contributed by atoms with E-state index in [-0.39, 0.29) is 28.2 Å². The van der Waals surface area contributed by atoms with Gasteiger partial charge in [-0.2, -0.15) is 5.26 Å². The molecule has 1 aliphatic heterocycles. The highest BCUT2D eigenvalue weighted by Crippen LogP contribution is 2.35. The number of benzene rings is 2. The molecule has 1 aliphatic rings. The molecule has 0 spiro atoms. The number of hydrogen-bond donors (Lipinski definition) is 2. The summed E-state index contributed by atoms with van der Waals surface area (Å²) in [5.74, 6) is -2.57. The number of nitrogens with zero attached hydrogens (tertiary/aromatic N) is 5. The molecule has 8 nitrogen and oxygen atoms in total. The van der Waals surface area contributed by atoms with Gasteiger partial charge in [0, 0.05) is 49.0 Å². The van der Waals surface area contributed by atoms with E-state index < -0.39 is 23.2 Å². The molecule has 5 rings (SSSR count). The van der Waals surface area contributed by atoms with Crippen LogP contribution in [0.15, 0.2) is 36.7 Å². The van der Waals surface area contributed by atoms with E-state index in [1.165, 1.54) is 12.1 Å². The molecule has 0 bridgehead atoms. The number of ether oxygens (including phenoxy) is 1. The number of nitriles is 1. The highest BCUT2D eigenvalue weighted by atomic mass is 19.1. The Morgan fingerprint density at radius 1 is 1.08 bits per heavy atom. The molecule has 2 aromatic heterocycles. The van der Waals surface area contributed by atoms with Gasteiger partial charge in [0.15, 0.2) is 28.8 Å². The number of rotatable bonds is 6.